The third kappa shape index (κ3) is 3.58. The molecule has 0 amide bonds. The van der Waals surface area contributed by atoms with E-state index in [4.69, 9.17) is 5.73 Å². The Kier molecular flexibility index (Phi) is 5.65. The van der Waals surface area contributed by atoms with Gasteiger partial charge in [-0.15, -0.1) is 0 Å². The molecule has 4 nitrogen and oxygen atoms in total. The number of nitrogens with two attached hydrogens (primary N) is 1. The van der Waals surface area contributed by atoms with Crippen LogP contribution < -0.4 is 5.73 Å². The monoisotopic (exact) mass is 398 g/mol. The fourth-order valence-electron chi connectivity index (χ4n) is 7.05. The second kappa shape index (κ2) is 7.79. The molecule has 3 aliphatic rings. The lowest BCUT2D eigenvalue weighted by atomic mass is 9.51. The summed E-state index contributed by atoms with van der Waals surface area (Å²) in [4.78, 5) is 4.25. The molecular formula is C25H38N2O2. The number of aliphatic hydroxyl groups is 2. The lowest BCUT2D eigenvalue weighted by Crippen LogP contribution is -2.52. The molecule has 0 aromatic carbocycles. The van der Waals surface area contributed by atoms with Crippen molar-refractivity contribution in [3.8, 4) is 0 Å². The van der Waals surface area contributed by atoms with E-state index in [2.05, 4.69) is 31.5 Å². The maximum absolute atomic E-state index is 11.6. The van der Waals surface area contributed by atoms with Crippen molar-refractivity contribution in [2.45, 2.75) is 83.5 Å². The van der Waals surface area contributed by atoms with Crippen LogP contribution in [0.2, 0.25) is 0 Å². The van der Waals surface area contributed by atoms with Gasteiger partial charge in [-0.25, -0.2) is 0 Å². The smallest absolute Gasteiger partial charge is 0.0610 e. The van der Waals surface area contributed by atoms with Crippen LogP contribution in [0.15, 0.2) is 36.7 Å². The summed E-state index contributed by atoms with van der Waals surface area (Å²) in [6.45, 7) is 8.94. The van der Waals surface area contributed by atoms with E-state index in [-0.39, 0.29) is 40.9 Å². The maximum atomic E-state index is 11.6. The number of fused-ring (bicyclic) bond motifs is 1. The molecular weight excluding hydrogens is 360 g/mol. The summed E-state index contributed by atoms with van der Waals surface area (Å²) in [5.41, 5.74) is 8.77. The minimum atomic E-state index is -0.333. The summed E-state index contributed by atoms with van der Waals surface area (Å²) >= 11 is 0. The molecule has 29 heavy (non-hydrogen) atoms. The molecule has 3 aliphatic carbocycles. The Hall–Kier alpha value is -1.23. The molecule has 1 heterocycles. The Bertz CT molecular complexity index is 738. The van der Waals surface area contributed by atoms with Crippen LogP contribution in [0.3, 0.4) is 0 Å². The number of pyridine rings is 1. The van der Waals surface area contributed by atoms with Gasteiger partial charge in [0, 0.05) is 18.4 Å². The third-order valence-corrected chi connectivity index (χ3v) is 9.16. The van der Waals surface area contributed by atoms with Gasteiger partial charge in [0.05, 0.1) is 12.2 Å². The Morgan fingerprint density at radius 2 is 1.97 bits per heavy atom. The molecule has 0 bridgehead atoms. The first kappa shape index (κ1) is 21.0. The van der Waals surface area contributed by atoms with Gasteiger partial charge in [-0.2, -0.15) is 0 Å². The molecule has 4 heteroatoms. The number of aromatic nitrogens is 1. The molecule has 1 aromatic heterocycles. The summed E-state index contributed by atoms with van der Waals surface area (Å²) in [5.74, 6) is 0.894. The zero-order valence-corrected chi connectivity index (χ0v) is 18.1. The first-order chi connectivity index (χ1) is 13.8. The first-order valence-corrected chi connectivity index (χ1v) is 11.5. The number of hydrogen-bond acceptors (Lipinski definition) is 4. The minimum Gasteiger partial charge on any atom is -0.393 e. The molecule has 160 valence electrons. The van der Waals surface area contributed by atoms with E-state index in [0.717, 1.165) is 56.9 Å². The average molecular weight is 399 g/mol. The number of aliphatic hydroxyl groups excluding tert-OH is 2. The van der Waals surface area contributed by atoms with Crippen LogP contribution in [0.25, 0.3) is 0 Å². The Balaban J connectivity index is 1.55. The second-order valence-corrected chi connectivity index (χ2v) is 10.6. The van der Waals surface area contributed by atoms with Gasteiger partial charge < -0.3 is 15.9 Å². The number of aryl methyl sites for hydroxylation is 1. The highest BCUT2D eigenvalue weighted by atomic mass is 16.3. The fraction of sp³-hybridized carbons (Fsp3) is 0.720. The topological polar surface area (TPSA) is 79.4 Å². The zero-order valence-electron chi connectivity index (χ0n) is 18.1. The highest BCUT2D eigenvalue weighted by molar-refractivity contribution is 5.26. The quantitative estimate of drug-likeness (QED) is 0.673. The van der Waals surface area contributed by atoms with Crippen molar-refractivity contribution in [1.29, 1.82) is 0 Å². The predicted octanol–water partition coefficient (Wildman–Crippen LogP) is 3.86. The molecule has 8 atom stereocenters. The van der Waals surface area contributed by atoms with E-state index in [1.54, 1.807) is 0 Å². The Morgan fingerprint density at radius 3 is 2.69 bits per heavy atom. The summed E-state index contributed by atoms with van der Waals surface area (Å²) < 4.78 is 0. The Labute approximate surface area is 175 Å². The zero-order chi connectivity index (χ0) is 20.8. The lowest BCUT2D eigenvalue weighted by molar-refractivity contribution is -0.120. The molecule has 4 N–H and O–H groups in total. The van der Waals surface area contributed by atoms with Crippen molar-refractivity contribution >= 4 is 0 Å². The van der Waals surface area contributed by atoms with Crippen LogP contribution in [0.4, 0.5) is 0 Å². The minimum absolute atomic E-state index is 0.0146. The first-order valence-electron chi connectivity index (χ1n) is 11.5. The third-order valence-electron chi connectivity index (χ3n) is 9.16. The largest absolute Gasteiger partial charge is 0.393 e. The second-order valence-electron chi connectivity index (χ2n) is 10.6. The van der Waals surface area contributed by atoms with Crippen LogP contribution in [-0.2, 0) is 6.42 Å². The number of hydrogen-bond donors (Lipinski definition) is 3. The van der Waals surface area contributed by atoms with Crippen molar-refractivity contribution in [1.82, 2.24) is 4.98 Å². The van der Waals surface area contributed by atoms with Crippen molar-refractivity contribution in [2.75, 3.05) is 0 Å². The van der Waals surface area contributed by atoms with Crippen LogP contribution in [0, 0.1) is 28.6 Å². The van der Waals surface area contributed by atoms with E-state index < -0.39 is 0 Å². The van der Waals surface area contributed by atoms with Gasteiger partial charge in [0.25, 0.3) is 0 Å². The van der Waals surface area contributed by atoms with E-state index in [9.17, 15) is 10.2 Å². The fourth-order valence-corrected chi connectivity index (χ4v) is 7.05. The van der Waals surface area contributed by atoms with Gasteiger partial charge in [-0.1, -0.05) is 32.1 Å². The normalized spacial score (nSPS) is 45.2. The highest BCUT2D eigenvalue weighted by Gasteiger charge is 2.58. The number of nitrogens with zero attached hydrogens (tertiary/aromatic N) is 1. The number of rotatable bonds is 4. The molecule has 0 aliphatic heterocycles. The molecule has 3 unspecified atom stereocenters. The molecule has 0 spiro atoms. The van der Waals surface area contributed by atoms with Crippen LogP contribution >= 0.6 is 0 Å². The van der Waals surface area contributed by atoms with Gasteiger partial charge in [-0.3, -0.25) is 4.98 Å². The van der Waals surface area contributed by atoms with Crippen molar-refractivity contribution in [2.24, 2.45) is 34.3 Å². The van der Waals surface area contributed by atoms with Crippen LogP contribution in [0.5, 0.6) is 0 Å². The maximum Gasteiger partial charge on any atom is 0.0610 e. The van der Waals surface area contributed by atoms with E-state index >= 15 is 0 Å². The highest BCUT2D eigenvalue weighted by Crippen LogP contribution is 2.61. The standard InChI is InChI=1S/C25H38N2O2/c1-16-22(26)14-21-23(29)20(9-11-24(16,21)2)25(3)10-8-19(28)13-18(25)7-6-17-5-4-12-27-15-17/h4-5,12,15,18-23,28-29H,1,6-11,13-14,26H2,2-3H3/t18-,19-,20?,21?,22?,23+,24+,25-/m0/s1. The summed E-state index contributed by atoms with van der Waals surface area (Å²) in [7, 11) is 0. The van der Waals surface area contributed by atoms with Gasteiger partial charge in [0.15, 0.2) is 0 Å². The predicted molar refractivity (Wildman–Crippen MR) is 116 cm³/mol. The van der Waals surface area contributed by atoms with Crippen molar-refractivity contribution in [3.63, 3.8) is 0 Å². The van der Waals surface area contributed by atoms with Gasteiger partial charge >= 0.3 is 0 Å². The van der Waals surface area contributed by atoms with Gasteiger partial charge in [0.2, 0.25) is 0 Å². The van der Waals surface area contributed by atoms with Crippen molar-refractivity contribution < 1.29 is 10.2 Å². The molecule has 0 saturated heterocycles. The molecule has 1 aromatic rings. The van der Waals surface area contributed by atoms with Crippen molar-refractivity contribution in [3.05, 3.63) is 42.2 Å². The van der Waals surface area contributed by atoms with E-state index in [0.29, 0.717) is 5.92 Å². The lowest BCUT2D eigenvalue weighted by Gasteiger charge is -2.55. The molecule has 4 rings (SSSR count). The summed E-state index contributed by atoms with van der Waals surface area (Å²) in [6, 6.07) is 4.14. The van der Waals surface area contributed by atoms with E-state index in [1.165, 1.54) is 5.56 Å². The van der Waals surface area contributed by atoms with E-state index in [1.807, 2.05) is 18.5 Å². The SMILES string of the molecule is C=C1C(N)CC2[C@H](O)C([C@@]3(C)CC[C@H](O)C[C@@H]3CCc3cccnc3)CC[C@]12C. The molecule has 3 saturated carbocycles. The van der Waals surface area contributed by atoms with Gasteiger partial charge in [0.1, 0.15) is 0 Å². The average Bonchev–Trinajstić information content (AvgIpc) is 2.94. The van der Waals surface area contributed by atoms with Crippen LogP contribution in [0.1, 0.15) is 64.4 Å². The summed E-state index contributed by atoms with van der Waals surface area (Å²) in [6.07, 6.45) is 10.9. The molecule has 3 fully saturated rings. The van der Waals surface area contributed by atoms with Gasteiger partial charge in [-0.05, 0) is 91.6 Å². The Morgan fingerprint density at radius 1 is 1.17 bits per heavy atom. The van der Waals surface area contributed by atoms with Crippen LogP contribution in [-0.4, -0.2) is 33.4 Å². The summed E-state index contributed by atoms with van der Waals surface area (Å²) in [5, 5.41) is 22.0. The molecule has 0 radical (unpaired) electrons.